The van der Waals surface area contributed by atoms with E-state index in [0.29, 0.717) is 5.69 Å². The van der Waals surface area contributed by atoms with Gasteiger partial charge < -0.3 is 5.11 Å². The van der Waals surface area contributed by atoms with E-state index in [4.69, 9.17) is 5.11 Å². The van der Waals surface area contributed by atoms with Crippen molar-refractivity contribution in [3.05, 3.63) is 59.0 Å². The normalized spacial score (nSPS) is 11.2. The summed E-state index contributed by atoms with van der Waals surface area (Å²) in [6.07, 6.45) is 1.29. The molecule has 1 heterocycles. The van der Waals surface area contributed by atoms with E-state index < -0.39 is 21.4 Å². The predicted molar refractivity (Wildman–Crippen MR) is 75.6 cm³/mol. The molecule has 0 fully saturated rings. The molecule has 0 atom stereocenters. The minimum atomic E-state index is -3.44. The maximum absolute atomic E-state index is 11.8. The molecule has 0 saturated heterocycles. The number of H-pyrrole nitrogens is 1. The van der Waals surface area contributed by atoms with Gasteiger partial charge in [0.25, 0.3) is 5.56 Å². The second kappa shape index (κ2) is 5.41. The van der Waals surface area contributed by atoms with Gasteiger partial charge in [-0.1, -0.05) is 6.08 Å². The molecule has 7 nitrogen and oxygen atoms in total. The van der Waals surface area contributed by atoms with Crippen LogP contribution in [0.2, 0.25) is 0 Å². The van der Waals surface area contributed by atoms with Crippen LogP contribution in [0.25, 0.3) is 5.69 Å². The Morgan fingerprint density at radius 2 is 1.95 bits per heavy atom. The molecule has 1 aromatic heterocycles. The third-order valence-corrected chi connectivity index (χ3v) is 4.41. The van der Waals surface area contributed by atoms with Crippen molar-refractivity contribution >= 4 is 15.8 Å². The maximum Gasteiger partial charge on any atom is 0.353 e. The molecule has 0 spiro atoms. The maximum atomic E-state index is 11.8. The SMILES string of the molecule is C=CCS(=O)(=O)c1ccc(-n2[nH]c(C(=O)O)cc2=O)cc1. The molecule has 8 heteroatoms. The van der Waals surface area contributed by atoms with E-state index in [9.17, 15) is 18.0 Å². The molecule has 0 unspecified atom stereocenters. The Hall–Kier alpha value is -2.61. The van der Waals surface area contributed by atoms with E-state index in [1.165, 1.54) is 30.3 Å². The van der Waals surface area contributed by atoms with Crippen LogP contribution in [0.1, 0.15) is 10.5 Å². The van der Waals surface area contributed by atoms with Crippen LogP contribution in [0.4, 0.5) is 0 Å². The molecule has 2 N–H and O–H groups in total. The number of carboxylic acids is 1. The molecule has 0 saturated carbocycles. The molecule has 21 heavy (non-hydrogen) atoms. The first kappa shape index (κ1) is 14.8. The summed E-state index contributed by atoms with van der Waals surface area (Å²) in [7, 11) is -3.44. The van der Waals surface area contributed by atoms with E-state index in [1.54, 1.807) is 0 Å². The van der Waals surface area contributed by atoms with Crippen LogP contribution in [-0.4, -0.2) is 35.0 Å². The Morgan fingerprint density at radius 1 is 1.33 bits per heavy atom. The predicted octanol–water partition coefficient (Wildman–Crippen LogP) is 0.824. The zero-order valence-electron chi connectivity index (χ0n) is 10.8. The van der Waals surface area contributed by atoms with Crippen molar-refractivity contribution < 1.29 is 18.3 Å². The molecule has 2 rings (SSSR count). The molecule has 0 aliphatic carbocycles. The molecule has 0 aliphatic rings. The van der Waals surface area contributed by atoms with Gasteiger partial charge in [0.1, 0.15) is 5.69 Å². The number of rotatable bonds is 5. The lowest BCUT2D eigenvalue weighted by Gasteiger charge is -2.04. The van der Waals surface area contributed by atoms with Crippen LogP contribution < -0.4 is 5.56 Å². The minimum absolute atomic E-state index is 0.101. The summed E-state index contributed by atoms with van der Waals surface area (Å²) in [4.78, 5) is 22.6. The number of carboxylic acid groups (broad SMARTS) is 1. The fraction of sp³-hybridized carbons (Fsp3) is 0.0769. The van der Waals surface area contributed by atoms with Crippen molar-refractivity contribution in [2.24, 2.45) is 0 Å². The van der Waals surface area contributed by atoms with E-state index >= 15 is 0 Å². The molecule has 110 valence electrons. The van der Waals surface area contributed by atoms with Crippen LogP contribution in [0.3, 0.4) is 0 Å². The molecule has 0 aliphatic heterocycles. The van der Waals surface area contributed by atoms with Crippen molar-refractivity contribution in [1.29, 1.82) is 0 Å². The van der Waals surface area contributed by atoms with Gasteiger partial charge in [-0.3, -0.25) is 9.89 Å². The van der Waals surface area contributed by atoms with Gasteiger partial charge in [0, 0.05) is 6.07 Å². The van der Waals surface area contributed by atoms with Gasteiger partial charge in [-0.25, -0.2) is 17.9 Å². The van der Waals surface area contributed by atoms with Crippen molar-refractivity contribution in [2.75, 3.05) is 5.75 Å². The van der Waals surface area contributed by atoms with Crippen LogP contribution in [0, 0.1) is 0 Å². The lowest BCUT2D eigenvalue weighted by atomic mass is 10.3. The largest absolute Gasteiger partial charge is 0.477 e. The Labute approximate surface area is 120 Å². The first-order chi connectivity index (χ1) is 9.85. The summed E-state index contributed by atoms with van der Waals surface area (Å²) in [6.45, 7) is 3.38. The van der Waals surface area contributed by atoms with Crippen molar-refractivity contribution in [2.45, 2.75) is 4.90 Å². The first-order valence-corrected chi connectivity index (χ1v) is 7.50. The third-order valence-electron chi connectivity index (χ3n) is 2.74. The smallest absolute Gasteiger partial charge is 0.353 e. The zero-order valence-corrected chi connectivity index (χ0v) is 11.6. The molecule has 0 radical (unpaired) electrons. The Balaban J connectivity index is 2.42. The number of nitrogens with one attached hydrogen (secondary N) is 1. The number of carbonyl (C=O) groups is 1. The number of hydrogen-bond acceptors (Lipinski definition) is 4. The average molecular weight is 308 g/mol. The topological polar surface area (TPSA) is 109 Å². The molecule has 0 amide bonds. The fourth-order valence-electron chi connectivity index (χ4n) is 1.75. The monoisotopic (exact) mass is 308 g/mol. The molecule has 1 aromatic carbocycles. The highest BCUT2D eigenvalue weighted by Crippen LogP contribution is 2.14. The van der Waals surface area contributed by atoms with Gasteiger partial charge in [-0.05, 0) is 24.3 Å². The first-order valence-electron chi connectivity index (χ1n) is 5.84. The number of aromatic carboxylic acids is 1. The number of hydrogen-bond donors (Lipinski definition) is 2. The standard InChI is InChI=1S/C13H12N2O5S/c1-2-7-21(19,20)10-5-3-9(4-6-10)15-12(16)8-11(14-15)13(17)18/h2-6,8,14H,1,7H2,(H,17,18). The number of aromatic nitrogens is 2. The van der Waals surface area contributed by atoms with Crippen LogP contribution in [0.15, 0.2) is 52.7 Å². The third kappa shape index (κ3) is 2.95. The zero-order chi connectivity index (χ0) is 15.6. The molecule has 2 aromatic rings. The van der Waals surface area contributed by atoms with Crippen LogP contribution >= 0.6 is 0 Å². The number of benzene rings is 1. The molecule has 0 bridgehead atoms. The van der Waals surface area contributed by atoms with Gasteiger partial charge >= 0.3 is 5.97 Å². The van der Waals surface area contributed by atoms with E-state index in [2.05, 4.69) is 11.7 Å². The van der Waals surface area contributed by atoms with E-state index in [1.807, 2.05) is 0 Å². The lowest BCUT2D eigenvalue weighted by molar-refractivity contribution is 0.0690. The summed E-state index contributed by atoms with van der Waals surface area (Å²) in [5, 5.41) is 11.2. The van der Waals surface area contributed by atoms with Gasteiger partial charge in [0.05, 0.1) is 16.3 Å². The highest BCUT2D eigenvalue weighted by molar-refractivity contribution is 7.91. The Bertz CT molecular complexity index is 843. The molecular formula is C13H12N2O5S. The second-order valence-corrected chi connectivity index (χ2v) is 6.25. The summed E-state index contributed by atoms with van der Waals surface area (Å²) < 4.78 is 24.7. The summed E-state index contributed by atoms with van der Waals surface area (Å²) in [6, 6.07) is 6.48. The summed E-state index contributed by atoms with van der Waals surface area (Å²) >= 11 is 0. The van der Waals surface area contributed by atoms with Crippen molar-refractivity contribution in [3.8, 4) is 5.69 Å². The Kier molecular flexibility index (Phi) is 3.81. The lowest BCUT2D eigenvalue weighted by Crippen LogP contribution is -2.13. The van der Waals surface area contributed by atoms with Gasteiger partial charge in [-0.15, -0.1) is 6.58 Å². The summed E-state index contributed by atoms with van der Waals surface area (Å²) in [5.41, 5.74) is -0.456. The number of aromatic amines is 1. The average Bonchev–Trinajstić information content (AvgIpc) is 2.81. The highest BCUT2D eigenvalue weighted by atomic mass is 32.2. The van der Waals surface area contributed by atoms with Gasteiger partial charge in [-0.2, -0.15) is 0 Å². The second-order valence-electron chi connectivity index (χ2n) is 4.21. The van der Waals surface area contributed by atoms with Crippen LogP contribution in [-0.2, 0) is 9.84 Å². The number of nitrogens with zero attached hydrogens (tertiary/aromatic N) is 1. The van der Waals surface area contributed by atoms with Crippen molar-refractivity contribution in [1.82, 2.24) is 9.78 Å². The van der Waals surface area contributed by atoms with E-state index in [0.717, 1.165) is 10.7 Å². The highest BCUT2D eigenvalue weighted by Gasteiger charge is 2.14. The number of sulfone groups is 1. The summed E-state index contributed by atoms with van der Waals surface area (Å²) in [5.74, 6) is -1.44. The fourth-order valence-corrected chi connectivity index (χ4v) is 2.80. The van der Waals surface area contributed by atoms with Gasteiger partial charge in [0.15, 0.2) is 9.84 Å². The minimum Gasteiger partial charge on any atom is -0.477 e. The van der Waals surface area contributed by atoms with Gasteiger partial charge in [0.2, 0.25) is 0 Å². The quantitative estimate of drug-likeness (QED) is 0.795. The van der Waals surface area contributed by atoms with Crippen LogP contribution in [0.5, 0.6) is 0 Å². The Morgan fingerprint density at radius 3 is 2.43 bits per heavy atom. The van der Waals surface area contributed by atoms with E-state index in [-0.39, 0.29) is 16.3 Å². The molecular weight excluding hydrogens is 296 g/mol. The van der Waals surface area contributed by atoms with Crippen molar-refractivity contribution in [3.63, 3.8) is 0 Å².